The number of rotatable bonds is 8. The van der Waals surface area contributed by atoms with Gasteiger partial charge in [-0.2, -0.15) is 0 Å². The first-order chi connectivity index (χ1) is 14.6. The Morgan fingerprint density at radius 3 is 2.77 bits per heavy atom. The van der Waals surface area contributed by atoms with Crippen molar-refractivity contribution in [3.63, 3.8) is 0 Å². The van der Waals surface area contributed by atoms with E-state index in [2.05, 4.69) is 41.2 Å². The highest BCUT2D eigenvalue weighted by atomic mass is 16.5. The van der Waals surface area contributed by atoms with Crippen molar-refractivity contribution < 1.29 is 14.2 Å². The number of hydrogen-bond acceptors (Lipinski definition) is 4. The van der Waals surface area contributed by atoms with Crippen molar-refractivity contribution in [2.45, 2.75) is 64.7 Å². The second kappa shape index (κ2) is 12.2. The van der Waals surface area contributed by atoms with Crippen LogP contribution >= 0.6 is 0 Å². The Bertz CT molecular complexity index is 651. The number of ether oxygens (including phenoxy) is 3. The number of nitrogens with one attached hydrogen (secondary N) is 1. The third-order valence-corrected chi connectivity index (χ3v) is 5.68. The molecule has 2 fully saturated rings. The number of aliphatic imine (C=N–C) groups is 1. The molecule has 168 valence electrons. The van der Waals surface area contributed by atoms with E-state index in [-0.39, 0.29) is 0 Å². The molecule has 1 aromatic rings. The lowest BCUT2D eigenvalue weighted by atomic mass is 10.1. The number of guanidine groups is 1. The summed E-state index contributed by atoms with van der Waals surface area (Å²) >= 11 is 0. The van der Waals surface area contributed by atoms with Crippen LogP contribution in [0.1, 0.15) is 51.5 Å². The highest BCUT2D eigenvalue weighted by molar-refractivity contribution is 5.80. The molecule has 0 radical (unpaired) electrons. The molecule has 3 rings (SSSR count). The van der Waals surface area contributed by atoms with Gasteiger partial charge in [-0.1, -0.05) is 26.0 Å². The fourth-order valence-electron chi connectivity index (χ4n) is 3.94. The lowest BCUT2D eigenvalue weighted by molar-refractivity contribution is -0.0721. The van der Waals surface area contributed by atoms with Gasteiger partial charge in [-0.3, -0.25) is 4.99 Å². The molecule has 2 aliphatic rings. The number of nitrogens with zero attached hydrogens (tertiary/aromatic N) is 2. The maximum atomic E-state index is 6.14. The lowest BCUT2D eigenvalue weighted by Gasteiger charge is -2.35. The first-order valence-corrected chi connectivity index (χ1v) is 11.5. The summed E-state index contributed by atoms with van der Waals surface area (Å²) in [5.74, 6) is 2.41. The minimum absolute atomic E-state index is 0.298. The molecule has 1 atom stereocenters. The normalized spacial score (nSPS) is 21.1. The van der Waals surface area contributed by atoms with Gasteiger partial charge in [-0.05, 0) is 55.7 Å². The zero-order valence-corrected chi connectivity index (χ0v) is 18.9. The molecule has 2 heterocycles. The molecule has 0 bridgehead atoms. The van der Waals surface area contributed by atoms with Gasteiger partial charge in [0.25, 0.3) is 0 Å². The Morgan fingerprint density at radius 1 is 1.23 bits per heavy atom. The zero-order chi connectivity index (χ0) is 21.2. The maximum Gasteiger partial charge on any atom is 0.193 e. The van der Waals surface area contributed by atoms with Crippen LogP contribution < -0.4 is 10.1 Å². The standard InChI is InChI=1S/C24H39N3O3/c1-19(2)17-29-22-9-6-7-20(15-22)16-26-24(25-3)27-12-10-21(11-13-27)30-18-23-8-4-5-14-28-23/h6-7,9,15,19,21,23H,4-5,8,10-14,16-18H2,1-3H3,(H,25,26). The molecule has 0 saturated carbocycles. The smallest absolute Gasteiger partial charge is 0.193 e. The van der Waals surface area contributed by atoms with E-state index in [1.54, 1.807) is 0 Å². The number of hydrogen-bond donors (Lipinski definition) is 1. The van der Waals surface area contributed by atoms with Gasteiger partial charge in [0.2, 0.25) is 0 Å². The highest BCUT2D eigenvalue weighted by Gasteiger charge is 2.23. The number of likely N-dealkylation sites (tertiary alicyclic amines) is 1. The first-order valence-electron chi connectivity index (χ1n) is 11.5. The SMILES string of the molecule is CN=C(NCc1cccc(OCC(C)C)c1)N1CCC(OCC2CCCCO2)CC1. The van der Waals surface area contributed by atoms with Crippen molar-refractivity contribution in [2.24, 2.45) is 10.9 Å². The van der Waals surface area contributed by atoms with Crippen LogP contribution in [0.3, 0.4) is 0 Å². The van der Waals surface area contributed by atoms with E-state index in [4.69, 9.17) is 14.2 Å². The van der Waals surface area contributed by atoms with Gasteiger partial charge in [0.05, 0.1) is 25.4 Å². The average molecular weight is 418 g/mol. The van der Waals surface area contributed by atoms with Crippen molar-refractivity contribution in [3.8, 4) is 5.75 Å². The molecular formula is C24H39N3O3. The molecule has 30 heavy (non-hydrogen) atoms. The summed E-state index contributed by atoms with van der Waals surface area (Å²) in [7, 11) is 1.85. The molecule has 1 aromatic carbocycles. The van der Waals surface area contributed by atoms with Crippen molar-refractivity contribution in [1.82, 2.24) is 10.2 Å². The summed E-state index contributed by atoms with van der Waals surface area (Å²) in [6.07, 6.45) is 6.29. The summed E-state index contributed by atoms with van der Waals surface area (Å²) in [5, 5.41) is 3.51. The van der Waals surface area contributed by atoms with Crippen LogP contribution in [0.4, 0.5) is 0 Å². The van der Waals surface area contributed by atoms with Crippen LogP contribution in [0.15, 0.2) is 29.3 Å². The Kier molecular flexibility index (Phi) is 9.27. The average Bonchev–Trinajstić information content (AvgIpc) is 2.78. The van der Waals surface area contributed by atoms with Gasteiger partial charge in [0, 0.05) is 33.3 Å². The summed E-state index contributed by atoms with van der Waals surface area (Å²) in [6, 6.07) is 8.30. The molecule has 6 heteroatoms. The van der Waals surface area contributed by atoms with E-state index in [1.165, 1.54) is 18.4 Å². The van der Waals surface area contributed by atoms with Crippen LogP contribution in [-0.2, 0) is 16.0 Å². The highest BCUT2D eigenvalue weighted by Crippen LogP contribution is 2.18. The largest absolute Gasteiger partial charge is 0.493 e. The minimum atomic E-state index is 0.298. The molecule has 2 aliphatic heterocycles. The third kappa shape index (κ3) is 7.47. The Balaban J connectivity index is 1.40. The Labute approximate surface area is 182 Å². The molecule has 0 aliphatic carbocycles. The Morgan fingerprint density at radius 2 is 2.07 bits per heavy atom. The summed E-state index contributed by atoms with van der Waals surface area (Å²) < 4.78 is 17.8. The second-order valence-corrected chi connectivity index (χ2v) is 8.76. The van der Waals surface area contributed by atoms with Gasteiger partial charge in [-0.15, -0.1) is 0 Å². The minimum Gasteiger partial charge on any atom is -0.493 e. The molecule has 0 amide bonds. The van der Waals surface area contributed by atoms with Crippen LogP contribution in [0.25, 0.3) is 0 Å². The summed E-state index contributed by atoms with van der Waals surface area (Å²) in [6.45, 7) is 9.36. The molecule has 0 aromatic heterocycles. The van der Waals surface area contributed by atoms with Crippen LogP contribution in [0.5, 0.6) is 5.75 Å². The van der Waals surface area contributed by atoms with E-state index < -0.39 is 0 Å². The number of piperidine rings is 1. The fourth-order valence-corrected chi connectivity index (χ4v) is 3.94. The van der Waals surface area contributed by atoms with Crippen molar-refractivity contribution in [1.29, 1.82) is 0 Å². The summed E-state index contributed by atoms with van der Waals surface area (Å²) in [4.78, 5) is 6.82. The predicted molar refractivity (Wildman–Crippen MR) is 121 cm³/mol. The van der Waals surface area contributed by atoms with E-state index >= 15 is 0 Å². The molecule has 1 unspecified atom stereocenters. The van der Waals surface area contributed by atoms with Gasteiger partial charge in [0.1, 0.15) is 5.75 Å². The van der Waals surface area contributed by atoms with E-state index in [9.17, 15) is 0 Å². The molecule has 1 N–H and O–H groups in total. The monoisotopic (exact) mass is 417 g/mol. The van der Waals surface area contributed by atoms with Crippen molar-refractivity contribution in [3.05, 3.63) is 29.8 Å². The quantitative estimate of drug-likeness (QED) is 0.514. The van der Waals surface area contributed by atoms with E-state index in [1.807, 2.05) is 19.2 Å². The second-order valence-electron chi connectivity index (χ2n) is 8.76. The maximum absolute atomic E-state index is 6.14. The Hall–Kier alpha value is -1.79. The van der Waals surface area contributed by atoms with Crippen molar-refractivity contribution >= 4 is 5.96 Å². The van der Waals surface area contributed by atoms with Crippen LogP contribution in [-0.4, -0.2) is 63.0 Å². The van der Waals surface area contributed by atoms with E-state index in [0.29, 0.717) is 18.1 Å². The van der Waals surface area contributed by atoms with Crippen LogP contribution in [0, 0.1) is 5.92 Å². The van der Waals surface area contributed by atoms with Gasteiger partial charge in [-0.25, -0.2) is 0 Å². The molecule has 0 spiro atoms. The number of benzene rings is 1. The lowest BCUT2D eigenvalue weighted by Crippen LogP contribution is -2.47. The van der Waals surface area contributed by atoms with Gasteiger partial charge in [0.15, 0.2) is 5.96 Å². The topological polar surface area (TPSA) is 55.3 Å². The summed E-state index contributed by atoms with van der Waals surface area (Å²) in [5.41, 5.74) is 1.20. The molecule has 2 saturated heterocycles. The zero-order valence-electron chi connectivity index (χ0n) is 18.9. The fraction of sp³-hybridized carbons (Fsp3) is 0.708. The molecular weight excluding hydrogens is 378 g/mol. The van der Waals surface area contributed by atoms with E-state index in [0.717, 1.165) is 70.4 Å². The van der Waals surface area contributed by atoms with Crippen molar-refractivity contribution in [2.75, 3.05) is 40.0 Å². The predicted octanol–water partition coefficient (Wildman–Crippen LogP) is 3.85. The van der Waals surface area contributed by atoms with Gasteiger partial charge < -0.3 is 24.4 Å². The molecule has 6 nitrogen and oxygen atoms in total. The third-order valence-electron chi connectivity index (χ3n) is 5.68. The first kappa shape index (κ1) is 22.9. The van der Waals surface area contributed by atoms with Crippen LogP contribution in [0.2, 0.25) is 0 Å². The van der Waals surface area contributed by atoms with Gasteiger partial charge >= 0.3 is 0 Å².